The van der Waals surface area contributed by atoms with Gasteiger partial charge in [0.15, 0.2) is 5.54 Å². The molecule has 1 atom stereocenters. The first-order valence-electron chi connectivity index (χ1n) is 9.64. The van der Waals surface area contributed by atoms with Crippen molar-refractivity contribution >= 4 is 34.8 Å². The van der Waals surface area contributed by atoms with E-state index in [1.54, 1.807) is 6.07 Å². The number of fused-ring (bicyclic) bond motifs is 1. The molecule has 0 fully saturated rings. The van der Waals surface area contributed by atoms with E-state index < -0.39 is 5.54 Å². The third kappa shape index (κ3) is 3.79. The molecule has 150 valence electrons. The topological polar surface area (TPSA) is 44.4 Å². The second-order valence-corrected chi connectivity index (χ2v) is 8.57. The molecular formula is C22H27Cl2N3O. The smallest absolute Gasteiger partial charge is 0.254 e. The van der Waals surface area contributed by atoms with E-state index in [0.717, 1.165) is 23.4 Å². The summed E-state index contributed by atoms with van der Waals surface area (Å²) in [5.41, 5.74) is 1.22. The Morgan fingerprint density at radius 2 is 1.71 bits per heavy atom. The summed E-state index contributed by atoms with van der Waals surface area (Å²) in [5.74, 6) is -0.140. The number of nitrogens with zero attached hydrogens (tertiary/aromatic N) is 1. The first-order chi connectivity index (χ1) is 13.3. The fourth-order valence-corrected chi connectivity index (χ4v) is 4.51. The lowest BCUT2D eigenvalue weighted by atomic mass is 9.83. The maximum atomic E-state index is 13.3. The van der Waals surface area contributed by atoms with E-state index in [4.69, 9.17) is 23.2 Å². The van der Waals surface area contributed by atoms with Crippen LogP contribution in [0, 0.1) is 0 Å². The van der Waals surface area contributed by atoms with Gasteiger partial charge in [-0.25, -0.2) is 0 Å². The van der Waals surface area contributed by atoms with Gasteiger partial charge in [0.2, 0.25) is 0 Å². The second-order valence-electron chi connectivity index (χ2n) is 7.73. The molecule has 28 heavy (non-hydrogen) atoms. The van der Waals surface area contributed by atoms with Crippen LogP contribution in [0.1, 0.15) is 38.8 Å². The van der Waals surface area contributed by atoms with Gasteiger partial charge in [-0.15, -0.1) is 0 Å². The summed E-state index contributed by atoms with van der Waals surface area (Å²) in [5, 5.41) is 7.65. The van der Waals surface area contributed by atoms with Gasteiger partial charge in [-0.1, -0.05) is 41.4 Å². The van der Waals surface area contributed by atoms with Crippen molar-refractivity contribution in [1.29, 1.82) is 0 Å². The molecule has 0 saturated carbocycles. The SMILES string of the molecule is CC(C)N(CCNC1(c2ccccc2Cl)C(=O)Nc2ccc(Cl)cc21)C(C)C. The number of carbonyl (C=O) groups is 1. The van der Waals surface area contributed by atoms with Crippen LogP contribution >= 0.6 is 23.2 Å². The van der Waals surface area contributed by atoms with E-state index in [1.165, 1.54) is 0 Å². The normalized spacial score (nSPS) is 18.8. The van der Waals surface area contributed by atoms with E-state index in [-0.39, 0.29) is 5.91 Å². The van der Waals surface area contributed by atoms with Crippen LogP contribution in [-0.2, 0) is 10.3 Å². The van der Waals surface area contributed by atoms with Crippen molar-refractivity contribution in [3.63, 3.8) is 0 Å². The molecule has 0 radical (unpaired) electrons. The highest BCUT2D eigenvalue weighted by Crippen LogP contribution is 2.44. The maximum Gasteiger partial charge on any atom is 0.254 e. The zero-order valence-electron chi connectivity index (χ0n) is 16.7. The van der Waals surface area contributed by atoms with Gasteiger partial charge in [0.25, 0.3) is 5.91 Å². The van der Waals surface area contributed by atoms with Gasteiger partial charge >= 0.3 is 0 Å². The number of hydrogen-bond acceptors (Lipinski definition) is 3. The summed E-state index contributed by atoms with van der Waals surface area (Å²) in [4.78, 5) is 15.7. The number of nitrogens with one attached hydrogen (secondary N) is 2. The Morgan fingerprint density at radius 1 is 1.04 bits per heavy atom. The summed E-state index contributed by atoms with van der Waals surface area (Å²) >= 11 is 12.8. The summed E-state index contributed by atoms with van der Waals surface area (Å²) < 4.78 is 0. The molecule has 0 saturated heterocycles. The highest BCUT2D eigenvalue weighted by Gasteiger charge is 2.49. The standard InChI is InChI=1S/C22H27Cl2N3O/c1-14(2)27(15(3)4)12-11-25-22(17-7-5-6-8-19(17)24)18-13-16(23)9-10-20(18)26-21(22)28/h5-10,13-15,25H,11-12H2,1-4H3,(H,26,28). The zero-order chi connectivity index (χ0) is 20.5. The van der Waals surface area contributed by atoms with E-state index in [2.05, 4.69) is 43.2 Å². The Balaban J connectivity index is 2.02. The third-order valence-corrected chi connectivity index (χ3v) is 5.90. The predicted octanol–water partition coefficient (Wildman–Crippen LogP) is 4.90. The van der Waals surface area contributed by atoms with Crippen LogP contribution in [0.3, 0.4) is 0 Å². The van der Waals surface area contributed by atoms with Crippen LogP contribution in [0.25, 0.3) is 0 Å². The van der Waals surface area contributed by atoms with E-state index in [9.17, 15) is 4.79 Å². The molecule has 2 aromatic rings. The average molecular weight is 420 g/mol. The van der Waals surface area contributed by atoms with E-state index >= 15 is 0 Å². The molecule has 3 rings (SSSR count). The first kappa shape index (κ1) is 21.1. The van der Waals surface area contributed by atoms with Crippen molar-refractivity contribution in [2.75, 3.05) is 18.4 Å². The Morgan fingerprint density at radius 3 is 2.36 bits per heavy atom. The summed E-state index contributed by atoms with van der Waals surface area (Å²) in [7, 11) is 0. The van der Waals surface area contributed by atoms with E-state index in [0.29, 0.717) is 28.7 Å². The highest BCUT2D eigenvalue weighted by molar-refractivity contribution is 6.32. The highest BCUT2D eigenvalue weighted by atomic mass is 35.5. The quantitative estimate of drug-likeness (QED) is 0.670. The van der Waals surface area contributed by atoms with Crippen LogP contribution in [0.4, 0.5) is 5.69 Å². The predicted molar refractivity (Wildman–Crippen MR) is 117 cm³/mol. The lowest BCUT2D eigenvalue weighted by molar-refractivity contribution is -0.120. The molecule has 1 aliphatic heterocycles. The Bertz CT molecular complexity index is 861. The molecule has 2 N–H and O–H groups in total. The van der Waals surface area contributed by atoms with E-state index in [1.807, 2.05) is 36.4 Å². The van der Waals surface area contributed by atoms with Gasteiger partial charge in [-0.05, 0) is 52.0 Å². The third-order valence-electron chi connectivity index (χ3n) is 5.34. The van der Waals surface area contributed by atoms with Crippen LogP contribution in [0.5, 0.6) is 0 Å². The van der Waals surface area contributed by atoms with Crippen molar-refractivity contribution in [3.8, 4) is 0 Å². The minimum Gasteiger partial charge on any atom is -0.324 e. The van der Waals surface area contributed by atoms with Crippen molar-refractivity contribution in [3.05, 3.63) is 63.6 Å². The molecule has 1 aliphatic rings. The van der Waals surface area contributed by atoms with Gasteiger partial charge in [-0.2, -0.15) is 0 Å². The number of hydrogen-bond donors (Lipinski definition) is 2. The van der Waals surface area contributed by atoms with Crippen molar-refractivity contribution in [2.24, 2.45) is 0 Å². The summed E-state index contributed by atoms with van der Waals surface area (Å²) in [6.45, 7) is 10.2. The molecule has 0 aliphatic carbocycles. The fraction of sp³-hybridized carbons (Fsp3) is 0.409. The Kier molecular flexibility index (Phi) is 6.35. The molecule has 1 heterocycles. The molecule has 1 amide bonds. The van der Waals surface area contributed by atoms with Crippen LogP contribution < -0.4 is 10.6 Å². The lowest BCUT2D eigenvalue weighted by Gasteiger charge is -2.34. The van der Waals surface area contributed by atoms with Crippen molar-refractivity contribution < 1.29 is 4.79 Å². The number of halogens is 2. The van der Waals surface area contributed by atoms with Crippen molar-refractivity contribution in [1.82, 2.24) is 10.2 Å². The van der Waals surface area contributed by atoms with Gasteiger partial charge < -0.3 is 5.32 Å². The summed E-state index contributed by atoms with van der Waals surface area (Å²) in [6.07, 6.45) is 0. The Hall–Kier alpha value is -1.59. The first-order valence-corrected chi connectivity index (χ1v) is 10.4. The molecule has 0 spiro atoms. The zero-order valence-corrected chi connectivity index (χ0v) is 18.2. The number of rotatable bonds is 7. The molecule has 6 heteroatoms. The number of carbonyl (C=O) groups excluding carboxylic acids is 1. The minimum absolute atomic E-state index is 0.140. The second kappa shape index (κ2) is 8.42. The molecular weight excluding hydrogens is 393 g/mol. The number of amides is 1. The number of anilines is 1. The van der Waals surface area contributed by atoms with Gasteiger partial charge in [-0.3, -0.25) is 15.0 Å². The molecule has 0 aromatic heterocycles. The van der Waals surface area contributed by atoms with Gasteiger partial charge in [0.05, 0.1) is 0 Å². The number of benzene rings is 2. The van der Waals surface area contributed by atoms with Gasteiger partial charge in [0, 0.05) is 52.0 Å². The largest absolute Gasteiger partial charge is 0.324 e. The van der Waals surface area contributed by atoms with Crippen LogP contribution in [0.15, 0.2) is 42.5 Å². The molecule has 0 bridgehead atoms. The Labute approximate surface area is 177 Å². The molecule has 4 nitrogen and oxygen atoms in total. The monoisotopic (exact) mass is 419 g/mol. The van der Waals surface area contributed by atoms with Crippen LogP contribution in [0.2, 0.25) is 10.0 Å². The fourth-order valence-electron chi connectivity index (χ4n) is 4.06. The summed E-state index contributed by atoms with van der Waals surface area (Å²) in [6, 6.07) is 13.8. The maximum absolute atomic E-state index is 13.3. The average Bonchev–Trinajstić information content (AvgIpc) is 2.90. The lowest BCUT2D eigenvalue weighted by Crippen LogP contribution is -2.52. The van der Waals surface area contributed by atoms with Crippen molar-refractivity contribution in [2.45, 2.75) is 45.3 Å². The minimum atomic E-state index is -1.07. The van der Waals surface area contributed by atoms with Gasteiger partial charge in [0.1, 0.15) is 0 Å². The molecule has 1 unspecified atom stereocenters. The molecule has 2 aromatic carbocycles. The van der Waals surface area contributed by atoms with Crippen LogP contribution in [-0.4, -0.2) is 36.0 Å².